The summed E-state index contributed by atoms with van der Waals surface area (Å²) in [5.41, 5.74) is 2.43. The Hall–Kier alpha value is -2.04. The summed E-state index contributed by atoms with van der Waals surface area (Å²) in [6.07, 6.45) is 0.200. The number of halogens is 1. The molecule has 0 atom stereocenters. The summed E-state index contributed by atoms with van der Waals surface area (Å²) in [6, 6.07) is 12.2. The van der Waals surface area contributed by atoms with Crippen molar-refractivity contribution in [2.45, 2.75) is 13.0 Å². The fourth-order valence-electron chi connectivity index (χ4n) is 2.15. The molecule has 0 aliphatic carbocycles. The molecule has 2 N–H and O–H groups in total. The van der Waals surface area contributed by atoms with E-state index in [0.29, 0.717) is 10.7 Å². The predicted octanol–water partition coefficient (Wildman–Crippen LogP) is 3.29. The molecule has 0 saturated heterocycles. The van der Waals surface area contributed by atoms with Gasteiger partial charge in [0.15, 0.2) is 0 Å². The third-order valence-corrected chi connectivity index (χ3v) is 3.45. The number of phenolic OH excluding ortho intramolecular Hbond substituents is 1. The van der Waals surface area contributed by atoms with E-state index in [9.17, 15) is 9.90 Å². The van der Waals surface area contributed by atoms with E-state index < -0.39 is 0 Å². The molecule has 0 radical (unpaired) electrons. The summed E-state index contributed by atoms with van der Waals surface area (Å²) in [7, 11) is 3.95. The molecule has 2 aromatic carbocycles. The van der Waals surface area contributed by atoms with Crippen LogP contribution in [0.1, 0.15) is 11.1 Å². The van der Waals surface area contributed by atoms with Crippen LogP contribution in [0.25, 0.3) is 0 Å². The molecule has 1 amide bonds. The van der Waals surface area contributed by atoms with E-state index in [-0.39, 0.29) is 18.1 Å². The van der Waals surface area contributed by atoms with Crippen LogP contribution >= 0.6 is 11.6 Å². The smallest absolute Gasteiger partial charge is 0.228 e. The zero-order valence-corrected chi connectivity index (χ0v) is 13.4. The van der Waals surface area contributed by atoms with Crippen molar-refractivity contribution in [2.24, 2.45) is 0 Å². The van der Waals surface area contributed by atoms with E-state index in [2.05, 4.69) is 5.32 Å². The summed E-state index contributed by atoms with van der Waals surface area (Å²) in [4.78, 5) is 14.1. The van der Waals surface area contributed by atoms with Crippen LogP contribution in [-0.4, -0.2) is 30.0 Å². The SMILES string of the molecule is CN(C)Cc1ccc(NC(=O)Cc2cccc(O)c2)cc1Cl. The van der Waals surface area contributed by atoms with Gasteiger partial charge in [0.05, 0.1) is 6.42 Å². The molecule has 2 rings (SSSR count). The van der Waals surface area contributed by atoms with Gasteiger partial charge in [0, 0.05) is 17.3 Å². The second-order valence-corrected chi connectivity index (χ2v) is 5.85. The Labute approximate surface area is 135 Å². The first-order chi connectivity index (χ1) is 10.4. The number of carbonyl (C=O) groups is 1. The molecule has 2 aromatic rings. The van der Waals surface area contributed by atoms with Gasteiger partial charge in [-0.05, 0) is 49.5 Å². The number of rotatable bonds is 5. The van der Waals surface area contributed by atoms with Crippen LogP contribution in [-0.2, 0) is 17.8 Å². The maximum Gasteiger partial charge on any atom is 0.228 e. The summed E-state index contributed by atoms with van der Waals surface area (Å²) in [5, 5.41) is 12.8. The highest BCUT2D eigenvalue weighted by Gasteiger charge is 2.07. The van der Waals surface area contributed by atoms with Crippen LogP contribution in [0.5, 0.6) is 5.75 Å². The summed E-state index contributed by atoms with van der Waals surface area (Å²) < 4.78 is 0. The second-order valence-electron chi connectivity index (χ2n) is 5.44. The topological polar surface area (TPSA) is 52.6 Å². The van der Waals surface area contributed by atoms with E-state index in [4.69, 9.17) is 11.6 Å². The highest BCUT2D eigenvalue weighted by Crippen LogP contribution is 2.22. The Balaban J connectivity index is 2.01. The van der Waals surface area contributed by atoms with Gasteiger partial charge < -0.3 is 15.3 Å². The minimum atomic E-state index is -0.151. The highest BCUT2D eigenvalue weighted by molar-refractivity contribution is 6.31. The van der Waals surface area contributed by atoms with Gasteiger partial charge in [-0.15, -0.1) is 0 Å². The normalized spacial score (nSPS) is 10.7. The maximum absolute atomic E-state index is 12.0. The molecule has 0 fully saturated rings. The van der Waals surface area contributed by atoms with E-state index in [1.807, 2.05) is 31.1 Å². The molecule has 4 nitrogen and oxygen atoms in total. The molecule has 5 heteroatoms. The molecule has 0 unspecified atom stereocenters. The van der Waals surface area contributed by atoms with Gasteiger partial charge in [0.25, 0.3) is 0 Å². The predicted molar refractivity (Wildman–Crippen MR) is 89.3 cm³/mol. The van der Waals surface area contributed by atoms with Gasteiger partial charge >= 0.3 is 0 Å². The number of aromatic hydroxyl groups is 1. The van der Waals surface area contributed by atoms with Gasteiger partial charge in [0.2, 0.25) is 5.91 Å². The fraction of sp³-hybridized carbons (Fsp3) is 0.235. The first kappa shape index (κ1) is 16.3. The highest BCUT2D eigenvalue weighted by atomic mass is 35.5. The van der Waals surface area contributed by atoms with Crippen molar-refractivity contribution in [3.8, 4) is 5.75 Å². The summed E-state index contributed by atoms with van der Waals surface area (Å²) in [6.45, 7) is 0.746. The van der Waals surface area contributed by atoms with Crippen molar-refractivity contribution in [2.75, 3.05) is 19.4 Å². The number of benzene rings is 2. The maximum atomic E-state index is 12.0. The number of nitrogens with zero attached hydrogens (tertiary/aromatic N) is 1. The Kier molecular flexibility index (Phi) is 5.41. The lowest BCUT2D eigenvalue weighted by molar-refractivity contribution is -0.115. The first-order valence-corrected chi connectivity index (χ1v) is 7.33. The third kappa shape index (κ3) is 4.76. The van der Waals surface area contributed by atoms with Crippen molar-refractivity contribution in [1.29, 1.82) is 0 Å². The van der Waals surface area contributed by atoms with E-state index >= 15 is 0 Å². The zero-order chi connectivity index (χ0) is 16.1. The van der Waals surface area contributed by atoms with E-state index in [0.717, 1.165) is 17.7 Å². The number of anilines is 1. The Morgan fingerprint density at radius 2 is 2.00 bits per heavy atom. The standard InChI is InChI=1S/C17H19ClN2O2/c1-20(2)11-13-6-7-14(10-16(13)18)19-17(22)9-12-4-3-5-15(21)8-12/h3-8,10,21H,9,11H2,1-2H3,(H,19,22). The molecular weight excluding hydrogens is 300 g/mol. The van der Waals surface area contributed by atoms with Gasteiger partial charge in [-0.1, -0.05) is 29.8 Å². The number of carbonyl (C=O) groups excluding carboxylic acids is 1. The van der Waals surface area contributed by atoms with E-state index in [1.165, 1.54) is 0 Å². The molecule has 0 saturated carbocycles. The van der Waals surface area contributed by atoms with Gasteiger partial charge in [0.1, 0.15) is 5.75 Å². The number of hydrogen-bond donors (Lipinski definition) is 2. The van der Waals surface area contributed by atoms with Gasteiger partial charge in [-0.3, -0.25) is 4.79 Å². The minimum absolute atomic E-state index is 0.151. The average Bonchev–Trinajstić information content (AvgIpc) is 2.41. The van der Waals surface area contributed by atoms with Crippen molar-refractivity contribution in [3.05, 3.63) is 58.6 Å². The fourth-order valence-corrected chi connectivity index (χ4v) is 2.39. The van der Waals surface area contributed by atoms with Crippen LogP contribution in [0.2, 0.25) is 5.02 Å². The largest absolute Gasteiger partial charge is 0.508 e. The minimum Gasteiger partial charge on any atom is -0.508 e. The number of hydrogen-bond acceptors (Lipinski definition) is 3. The lowest BCUT2D eigenvalue weighted by Crippen LogP contribution is -2.15. The first-order valence-electron chi connectivity index (χ1n) is 6.95. The van der Waals surface area contributed by atoms with Crippen LogP contribution in [0.4, 0.5) is 5.69 Å². The Morgan fingerprint density at radius 1 is 1.23 bits per heavy atom. The molecule has 22 heavy (non-hydrogen) atoms. The van der Waals surface area contributed by atoms with Crippen molar-refractivity contribution < 1.29 is 9.90 Å². The van der Waals surface area contributed by atoms with Crippen molar-refractivity contribution >= 4 is 23.2 Å². The van der Waals surface area contributed by atoms with Crippen LogP contribution in [0, 0.1) is 0 Å². The third-order valence-electron chi connectivity index (χ3n) is 3.10. The van der Waals surface area contributed by atoms with Crippen molar-refractivity contribution in [3.63, 3.8) is 0 Å². The number of nitrogens with one attached hydrogen (secondary N) is 1. The summed E-state index contributed by atoms with van der Waals surface area (Å²) in [5.74, 6) is 0.00316. The second kappa shape index (κ2) is 7.29. The van der Waals surface area contributed by atoms with Gasteiger partial charge in [-0.25, -0.2) is 0 Å². The molecular formula is C17H19ClN2O2. The van der Waals surface area contributed by atoms with Crippen LogP contribution < -0.4 is 5.32 Å². The average molecular weight is 319 g/mol. The van der Waals surface area contributed by atoms with Crippen LogP contribution in [0.3, 0.4) is 0 Å². The number of amides is 1. The van der Waals surface area contributed by atoms with Crippen LogP contribution in [0.15, 0.2) is 42.5 Å². The lowest BCUT2D eigenvalue weighted by Gasteiger charge is -2.12. The molecule has 0 heterocycles. The molecule has 116 valence electrons. The molecule has 0 spiro atoms. The number of phenols is 1. The Morgan fingerprint density at radius 3 is 2.64 bits per heavy atom. The molecule has 0 aromatic heterocycles. The van der Waals surface area contributed by atoms with E-state index in [1.54, 1.807) is 30.3 Å². The monoisotopic (exact) mass is 318 g/mol. The molecule has 0 bridgehead atoms. The quantitative estimate of drug-likeness (QED) is 0.889. The van der Waals surface area contributed by atoms with Crippen molar-refractivity contribution in [1.82, 2.24) is 4.90 Å². The molecule has 0 aliphatic rings. The molecule has 0 aliphatic heterocycles. The van der Waals surface area contributed by atoms with Gasteiger partial charge in [-0.2, -0.15) is 0 Å². The Bertz CT molecular complexity index is 671. The summed E-state index contributed by atoms with van der Waals surface area (Å²) >= 11 is 6.23. The zero-order valence-electron chi connectivity index (χ0n) is 12.6. The lowest BCUT2D eigenvalue weighted by atomic mass is 10.1.